The number of nitrogens with one attached hydrogen (secondary N) is 1. The van der Waals surface area contributed by atoms with E-state index in [-0.39, 0.29) is 12.4 Å². The molecule has 16 heavy (non-hydrogen) atoms. The molecule has 1 heterocycles. The summed E-state index contributed by atoms with van der Waals surface area (Å²) in [6.45, 7) is 3.86. The zero-order valence-electron chi connectivity index (χ0n) is 9.12. The maximum atomic E-state index is 5.69. The Morgan fingerprint density at radius 3 is 2.69 bits per heavy atom. The van der Waals surface area contributed by atoms with Crippen molar-refractivity contribution in [1.82, 2.24) is 5.32 Å². The van der Waals surface area contributed by atoms with Gasteiger partial charge in [-0.3, -0.25) is 0 Å². The van der Waals surface area contributed by atoms with Crippen molar-refractivity contribution in [3.63, 3.8) is 0 Å². The third-order valence-corrected chi connectivity index (χ3v) is 3.23. The number of ether oxygens (including phenoxy) is 1. The number of hydrogen-bond acceptors (Lipinski definition) is 2. The molecule has 1 aliphatic heterocycles. The summed E-state index contributed by atoms with van der Waals surface area (Å²) in [5.41, 5.74) is 1.24. The highest BCUT2D eigenvalue weighted by atomic mass is 79.9. The van der Waals surface area contributed by atoms with Gasteiger partial charge in [0.05, 0.1) is 13.2 Å². The summed E-state index contributed by atoms with van der Waals surface area (Å²) < 4.78 is 6.81. The van der Waals surface area contributed by atoms with E-state index in [4.69, 9.17) is 4.74 Å². The van der Waals surface area contributed by atoms with Gasteiger partial charge in [-0.2, -0.15) is 0 Å². The quantitative estimate of drug-likeness (QED) is 0.923. The molecule has 2 nitrogen and oxygen atoms in total. The number of hydrogen-bond donors (Lipinski definition) is 1. The second kappa shape index (κ2) is 7.28. The molecule has 2 rings (SSSR count). The van der Waals surface area contributed by atoms with Crippen LogP contribution in [0, 0.1) is 5.92 Å². The SMILES string of the molecule is Brc1ccc(COCC2CCNC2)cc1.Cl. The fraction of sp³-hybridized carbons (Fsp3) is 0.500. The smallest absolute Gasteiger partial charge is 0.0717 e. The molecule has 1 aliphatic rings. The second-order valence-electron chi connectivity index (χ2n) is 4.00. The predicted molar refractivity (Wildman–Crippen MR) is 72.0 cm³/mol. The third kappa shape index (κ3) is 4.42. The van der Waals surface area contributed by atoms with Crippen LogP contribution in [-0.2, 0) is 11.3 Å². The maximum Gasteiger partial charge on any atom is 0.0717 e. The second-order valence-corrected chi connectivity index (χ2v) is 4.92. The summed E-state index contributed by atoms with van der Waals surface area (Å²) in [6.07, 6.45) is 1.25. The monoisotopic (exact) mass is 305 g/mol. The first-order chi connectivity index (χ1) is 7.34. The Bertz CT molecular complexity index is 298. The highest BCUT2D eigenvalue weighted by Gasteiger charge is 2.13. The Hall–Kier alpha value is -0.0900. The molecule has 1 aromatic rings. The van der Waals surface area contributed by atoms with E-state index in [0.29, 0.717) is 5.92 Å². The highest BCUT2D eigenvalue weighted by Crippen LogP contribution is 2.12. The molecule has 1 unspecified atom stereocenters. The van der Waals surface area contributed by atoms with Crippen LogP contribution in [0.4, 0.5) is 0 Å². The fourth-order valence-electron chi connectivity index (χ4n) is 1.78. The summed E-state index contributed by atoms with van der Waals surface area (Å²) in [6, 6.07) is 8.29. The average Bonchev–Trinajstić information content (AvgIpc) is 2.74. The van der Waals surface area contributed by atoms with Crippen LogP contribution in [0.25, 0.3) is 0 Å². The van der Waals surface area contributed by atoms with Crippen molar-refractivity contribution in [3.05, 3.63) is 34.3 Å². The molecular formula is C12H17BrClNO. The molecule has 1 atom stereocenters. The molecule has 0 spiro atoms. The van der Waals surface area contributed by atoms with Crippen molar-refractivity contribution in [2.45, 2.75) is 13.0 Å². The zero-order chi connectivity index (χ0) is 10.5. The van der Waals surface area contributed by atoms with E-state index in [9.17, 15) is 0 Å². The highest BCUT2D eigenvalue weighted by molar-refractivity contribution is 9.10. The van der Waals surface area contributed by atoms with E-state index in [1.165, 1.54) is 12.0 Å². The van der Waals surface area contributed by atoms with Crippen molar-refractivity contribution in [1.29, 1.82) is 0 Å². The Kier molecular flexibility index (Phi) is 6.36. The number of rotatable bonds is 4. The molecule has 0 saturated carbocycles. The van der Waals surface area contributed by atoms with Gasteiger partial charge < -0.3 is 10.1 Å². The lowest BCUT2D eigenvalue weighted by Gasteiger charge is -2.09. The lowest BCUT2D eigenvalue weighted by atomic mass is 10.1. The molecule has 0 aromatic heterocycles. The first-order valence-electron chi connectivity index (χ1n) is 5.37. The maximum absolute atomic E-state index is 5.69. The van der Waals surface area contributed by atoms with Gasteiger partial charge in [-0.05, 0) is 36.6 Å². The molecule has 0 amide bonds. The van der Waals surface area contributed by atoms with E-state index < -0.39 is 0 Å². The molecule has 0 bridgehead atoms. The number of halogens is 2. The van der Waals surface area contributed by atoms with Crippen LogP contribution in [0.15, 0.2) is 28.7 Å². The minimum atomic E-state index is 0. The summed E-state index contributed by atoms with van der Waals surface area (Å²) in [4.78, 5) is 0. The minimum Gasteiger partial charge on any atom is -0.376 e. The first-order valence-corrected chi connectivity index (χ1v) is 6.17. The van der Waals surface area contributed by atoms with Gasteiger partial charge >= 0.3 is 0 Å². The van der Waals surface area contributed by atoms with Crippen LogP contribution >= 0.6 is 28.3 Å². The average molecular weight is 307 g/mol. The van der Waals surface area contributed by atoms with Gasteiger partial charge in [0.15, 0.2) is 0 Å². The Labute approximate surface area is 111 Å². The topological polar surface area (TPSA) is 21.3 Å². The summed E-state index contributed by atoms with van der Waals surface area (Å²) >= 11 is 3.42. The normalized spacial score (nSPS) is 19.4. The predicted octanol–water partition coefficient (Wildman–Crippen LogP) is 3.00. The van der Waals surface area contributed by atoms with Gasteiger partial charge in [0.2, 0.25) is 0 Å². The first kappa shape index (κ1) is 14.0. The van der Waals surface area contributed by atoms with Gasteiger partial charge in [-0.15, -0.1) is 12.4 Å². The molecule has 90 valence electrons. The molecule has 4 heteroatoms. The molecule has 1 fully saturated rings. The molecule has 1 N–H and O–H groups in total. The standard InChI is InChI=1S/C12H16BrNO.ClH/c13-12-3-1-10(2-4-12)8-15-9-11-5-6-14-7-11;/h1-4,11,14H,5-9H2;1H. The Morgan fingerprint density at radius 1 is 1.31 bits per heavy atom. The van der Waals surface area contributed by atoms with Crippen LogP contribution in [0.1, 0.15) is 12.0 Å². The zero-order valence-corrected chi connectivity index (χ0v) is 11.5. The molecule has 1 saturated heterocycles. The van der Waals surface area contributed by atoms with Gasteiger partial charge in [0, 0.05) is 11.0 Å². The Morgan fingerprint density at radius 2 is 2.06 bits per heavy atom. The third-order valence-electron chi connectivity index (χ3n) is 2.70. The van der Waals surface area contributed by atoms with E-state index in [1.807, 2.05) is 0 Å². The van der Waals surface area contributed by atoms with Crippen LogP contribution in [0.2, 0.25) is 0 Å². The molecule has 0 radical (unpaired) electrons. The Balaban J connectivity index is 0.00000128. The van der Waals surface area contributed by atoms with E-state index in [1.54, 1.807) is 0 Å². The molecule has 1 aromatic carbocycles. The van der Waals surface area contributed by atoms with Crippen LogP contribution < -0.4 is 5.32 Å². The van der Waals surface area contributed by atoms with Gasteiger partial charge in [0.25, 0.3) is 0 Å². The lowest BCUT2D eigenvalue weighted by molar-refractivity contribution is 0.0925. The van der Waals surface area contributed by atoms with E-state index in [0.717, 1.165) is 30.8 Å². The van der Waals surface area contributed by atoms with Gasteiger partial charge in [-0.25, -0.2) is 0 Å². The van der Waals surface area contributed by atoms with Gasteiger partial charge in [0.1, 0.15) is 0 Å². The van der Waals surface area contributed by atoms with Crippen molar-refractivity contribution in [2.24, 2.45) is 5.92 Å². The lowest BCUT2D eigenvalue weighted by Crippen LogP contribution is -2.13. The fourth-order valence-corrected chi connectivity index (χ4v) is 2.05. The summed E-state index contributed by atoms with van der Waals surface area (Å²) in [7, 11) is 0. The largest absolute Gasteiger partial charge is 0.376 e. The number of benzene rings is 1. The van der Waals surface area contributed by atoms with Gasteiger partial charge in [-0.1, -0.05) is 28.1 Å². The minimum absolute atomic E-state index is 0. The van der Waals surface area contributed by atoms with E-state index >= 15 is 0 Å². The van der Waals surface area contributed by atoms with Crippen molar-refractivity contribution >= 4 is 28.3 Å². The summed E-state index contributed by atoms with van der Waals surface area (Å²) in [5, 5.41) is 3.34. The van der Waals surface area contributed by atoms with Crippen LogP contribution in [0.3, 0.4) is 0 Å². The summed E-state index contributed by atoms with van der Waals surface area (Å²) in [5.74, 6) is 0.709. The molecular weight excluding hydrogens is 289 g/mol. The van der Waals surface area contributed by atoms with Crippen molar-refractivity contribution < 1.29 is 4.74 Å². The van der Waals surface area contributed by atoms with Crippen LogP contribution in [0.5, 0.6) is 0 Å². The molecule has 0 aliphatic carbocycles. The van der Waals surface area contributed by atoms with Crippen molar-refractivity contribution in [3.8, 4) is 0 Å². The van der Waals surface area contributed by atoms with Crippen molar-refractivity contribution in [2.75, 3.05) is 19.7 Å². The van der Waals surface area contributed by atoms with E-state index in [2.05, 4.69) is 45.5 Å². The van der Waals surface area contributed by atoms with Crippen LogP contribution in [-0.4, -0.2) is 19.7 Å².